The number of aliphatic hydroxyl groups is 3. The number of nitrogens with zero attached hydrogens (tertiary/aromatic N) is 3. The first-order valence-electron chi connectivity index (χ1n) is 7.28. The van der Waals surface area contributed by atoms with E-state index in [-0.39, 0.29) is 6.61 Å². The van der Waals surface area contributed by atoms with Crippen LogP contribution in [0.15, 0.2) is 37.1 Å². The zero-order valence-electron chi connectivity index (χ0n) is 12.1. The Morgan fingerprint density at radius 2 is 2.09 bits per heavy atom. The number of aromatic amines is 1. The van der Waals surface area contributed by atoms with Gasteiger partial charge in [0.05, 0.1) is 12.3 Å². The highest BCUT2D eigenvalue weighted by atomic mass is 16.6. The van der Waals surface area contributed by atoms with E-state index in [0.717, 1.165) is 16.6 Å². The molecule has 3 aromatic heterocycles. The fourth-order valence-corrected chi connectivity index (χ4v) is 2.99. The van der Waals surface area contributed by atoms with Crippen LogP contribution in [0.2, 0.25) is 0 Å². The lowest BCUT2D eigenvalue weighted by Crippen LogP contribution is -2.33. The van der Waals surface area contributed by atoms with Gasteiger partial charge in [-0.25, -0.2) is 9.97 Å². The van der Waals surface area contributed by atoms with Crippen molar-refractivity contribution >= 4 is 11.0 Å². The Kier molecular flexibility index (Phi) is 3.38. The fraction of sp³-hybridized carbons (Fsp3) is 0.333. The molecule has 4 N–H and O–H groups in total. The lowest BCUT2D eigenvalue weighted by atomic mass is 10.1. The minimum absolute atomic E-state index is 0.364. The molecule has 1 fully saturated rings. The Morgan fingerprint density at radius 1 is 1.22 bits per heavy atom. The molecule has 0 spiro atoms. The summed E-state index contributed by atoms with van der Waals surface area (Å²) in [4.78, 5) is 11.6. The lowest BCUT2D eigenvalue weighted by Gasteiger charge is -2.17. The van der Waals surface area contributed by atoms with Gasteiger partial charge in [-0.2, -0.15) is 0 Å². The third kappa shape index (κ3) is 2.15. The molecule has 0 unspecified atom stereocenters. The molecule has 0 bridgehead atoms. The number of hydrogen-bond acceptors (Lipinski definition) is 6. The van der Waals surface area contributed by atoms with Crippen LogP contribution in [-0.4, -0.2) is 59.8 Å². The third-order valence-corrected chi connectivity index (χ3v) is 4.17. The normalized spacial score (nSPS) is 27.8. The van der Waals surface area contributed by atoms with Crippen molar-refractivity contribution in [3.63, 3.8) is 0 Å². The molecule has 0 amide bonds. The second-order valence-corrected chi connectivity index (χ2v) is 5.51. The maximum atomic E-state index is 10.2. The number of aliphatic hydroxyl groups excluding tert-OH is 3. The molecule has 1 aliphatic rings. The topological polar surface area (TPSA) is 116 Å². The summed E-state index contributed by atoms with van der Waals surface area (Å²) in [5.74, 6) is 0. The van der Waals surface area contributed by atoms with Gasteiger partial charge in [0.15, 0.2) is 6.23 Å². The molecule has 0 aromatic carbocycles. The van der Waals surface area contributed by atoms with Crippen molar-refractivity contribution in [1.29, 1.82) is 0 Å². The van der Waals surface area contributed by atoms with Gasteiger partial charge < -0.3 is 29.6 Å². The first kappa shape index (κ1) is 14.3. The van der Waals surface area contributed by atoms with Gasteiger partial charge in [-0.3, -0.25) is 0 Å². The average molecular weight is 316 g/mol. The van der Waals surface area contributed by atoms with Gasteiger partial charge in [-0.05, 0) is 12.1 Å². The molecule has 0 radical (unpaired) electrons. The number of hydrogen-bond donors (Lipinski definition) is 4. The summed E-state index contributed by atoms with van der Waals surface area (Å²) in [6.45, 7) is -0.364. The van der Waals surface area contributed by atoms with Crippen molar-refractivity contribution in [2.45, 2.75) is 24.5 Å². The highest BCUT2D eigenvalue weighted by Gasteiger charge is 2.43. The Balaban J connectivity index is 1.80. The molecule has 1 saturated heterocycles. The van der Waals surface area contributed by atoms with Crippen molar-refractivity contribution in [1.82, 2.24) is 19.5 Å². The molecule has 3 aromatic rings. The number of nitrogens with one attached hydrogen (secondary N) is 1. The summed E-state index contributed by atoms with van der Waals surface area (Å²) in [5, 5.41) is 30.1. The minimum Gasteiger partial charge on any atom is -0.394 e. The van der Waals surface area contributed by atoms with E-state index in [0.29, 0.717) is 5.65 Å². The molecule has 120 valence electrons. The molecule has 8 heteroatoms. The van der Waals surface area contributed by atoms with Gasteiger partial charge in [0.2, 0.25) is 0 Å². The van der Waals surface area contributed by atoms with E-state index < -0.39 is 24.5 Å². The largest absolute Gasteiger partial charge is 0.394 e. The molecular weight excluding hydrogens is 300 g/mol. The molecule has 0 saturated carbocycles. The van der Waals surface area contributed by atoms with Gasteiger partial charge in [-0.1, -0.05) is 0 Å². The van der Waals surface area contributed by atoms with Gasteiger partial charge in [-0.15, -0.1) is 0 Å². The van der Waals surface area contributed by atoms with Crippen LogP contribution in [0.4, 0.5) is 0 Å². The first-order valence-corrected chi connectivity index (χ1v) is 7.28. The van der Waals surface area contributed by atoms with E-state index in [1.54, 1.807) is 10.8 Å². The van der Waals surface area contributed by atoms with Crippen molar-refractivity contribution in [3.8, 4) is 11.3 Å². The molecule has 0 aliphatic carbocycles. The average Bonchev–Trinajstić information content (AvgIpc) is 3.28. The van der Waals surface area contributed by atoms with Crippen LogP contribution in [0.25, 0.3) is 22.3 Å². The molecule has 23 heavy (non-hydrogen) atoms. The van der Waals surface area contributed by atoms with Crippen LogP contribution in [0.5, 0.6) is 0 Å². The monoisotopic (exact) mass is 316 g/mol. The molecule has 4 atom stereocenters. The van der Waals surface area contributed by atoms with Crippen LogP contribution in [0.3, 0.4) is 0 Å². The van der Waals surface area contributed by atoms with E-state index in [1.165, 1.54) is 6.33 Å². The second kappa shape index (κ2) is 5.43. The zero-order chi connectivity index (χ0) is 16.0. The van der Waals surface area contributed by atoms with E-state index in [9.17, 15) is 15.3 Å². The van der Waals surface area contributed by atoms with Gasteiger partial charge in [0.1, 0.15) is 30.3 Å². The molecular formula is C15H16N4O4. The fourth-order valence-electron chi connectivity index (χ4n) is 2.99. The molecule has 4 heterocycles. The Labute approximate surface area is 131 Å². The van der Waals surface area contributed by atoms with Gasteiger partial charge in [0, 0.05) is 29.5 Å². The predicted molar refractivity (Wildman–Crippen MR) is 80.3 cm³/mol. The highest BCUT2D eigenvalue weighted by Crippen LogP contribution is 2.33. The van der Waals surface area contributed by atoms with Gasteiger partial charge >= 0.3 is 0 Å². The van der Waals surface area contributed by atoms with E-state index >= 15 is 0 Å². The summed E-state index contributed by atoms with van der Waals surface area (Å²) in [7, 11) is 0. The SMILES string of the molecule is OC[C@H]1O[C@@H](n2ccc3c(-c4cc[nH]c4)ncnc32)[C@H](O)[C@@H]1O. The zero-order valence-corrected chi connectivity index (χ0v) is 12.1. The Morgan fingerprint density at radius 3 is 2.78 bits per heavy atom. The number of H-pyrrole nitrogens is 1. The third-order valence-electron chi connectivity index (χ3n) is 4.17. The standard InChI is InChI=1S/C15H16N4O4/c20-6-10-12(21)13(22)15(23-10)19-4-2-9-11(8-1-3-16-5-8)17-7-18-14(9)19/h1-5,7,10,12-13,15-16,20-22H,6H2/t10-,12-,13-,15-/m1/s1. The quantitative estimate of drug-likeness (QED) is 0.542. The van der Waals surface area contributed by atoms with Crippen LogP contribution >= 0.6 is 0 Å². The van der Waals surface area contributed by atoms with Crippen molar-refractivity contribution in [2.75, 3.05) is 6.61 Å². The maximum absolute atomic E-state index is 10.2. The highest BCUT2D eigenvalue weighted by molar-refractivity contribution is 5.90. The minimum atomic E-state index is -1.14. The molecule has 8 nitrogen and oxygen atoms in total. The first-order chi connectivity index (χ1) is 11.2. The van der Waals surface area contributed by atoms with Crippen LogP contribution in [0.1, 0.15) is 6.23 Å². The molecule has 1 aliphatic heterocycles. The Hall–Kier alpha value is -2.26. The van der Waals surface area contributed by atoms with E-state index in [1.807, 2.05) is 24.5 Å². The smallest absolute Gasteiger partial charge is 0.164 e. The van der Waals surface area contributed by atoms with Crippen molar-refractivity contribution in [2.24, 2.45) is 0 Å². The van der Waals surface area contributed by atoms with Crippen LogP contribution < -0.4 is 0 Å². The lowest BCUT2D eigenvalue weighted by molar-refractivity contribution is -0.0508. The van der Waals surface area contributed by atoms with Crippen molar-refractivity contribution in [3.05, 3.63) is 37.1 Å². The second-order valence-electron chi connectivity index (χ2n) is 5.51. The predicted octanol–water partition coefficient (Wildman–Crippen LogP) is 0.0379. The number of aromatic nitrogens is 4. The number of rotatable bonds is 3. The summed E-state index contributed by atoms with van der Waals surface area (Å²) in [6, 6.07) is 3.75. The van der Waals surface area contributed by atoms with Crippen LogP contribution in [-0.2, 0) is 4.74 Å². The maximum Gasteiger partial charge on any atom is 0.164 e. The molecule has 4 rings (SSSR count). The number of fused-ring (bicyclic) bond motifs is 1. The number of ether oxygens (including phenoxy) is 1. The summed E-state index contributed by atoms with van der Waals surface area (Å²) >= 11 is 0. The Bertz CT molecular complexity index is 816. The van der Waals surface area contributed by atoms with E-state index in [4.69, 9.17) is 4.74 Å². The summed E-state index contributed by atoms with van der Waals surface area (Å²) in [5.41, 5.74) is 2.28. The van der Waals surface area contributed by atoms with Crippen LogP contribution in [0, 0.1) is 0 Å². The summed E-state index contributed by atoms with van der Waals surface area (Å²) in [6.07, 6.45) is 2.91. The summed E-state index contributed by atoms with van der Waals surface area (Å²) < 4.78 is 7.21. The van der Waals surface area contributed by atoms with Crippen molar-refractivity contribution < 1.29 is 20.1 Å². The van der Waals surface area contributed by atoms with E-state index in [2.05, 4.69) is 15.0 Å². The van der Waals surface area contributed by atoms with Gasteiger partial charge in [0.25, 0.3) is 0 Å².